The topological polar surface area (TPSA) is 119 Å². The van der Waals surface area contributed by atoms with Crippen molar-refractivity contribution in [1.29, 1.82) is 0 Å². The molecule has 1 aliphatic carbocycles. The van der Waals surface area contributed by atoms with Crippen molar-refractivity contribution in [3.05, 3.63) is 54.6 Å². The Labute approximate surface area is 185 Å². The van der Waals surface area contributed by atoms with Crippen molar-refractivity contribution < 1.29 is 0 Å². The zero-order valence-corrected chi connectivity index (χ0v) is 17.9. The number of pyridine rings is 1. The van der Waals surface area contributed by atoms with E-state index in [1.165, 1.54) is 0 Å². The maximum Gasteiger partial charge on any atom is 0.249 e. The van der Waals surface area contributed by atoms with E-state index in [-0.39, 0.29) is 0 Å². The predicted octanol–water partition coefficient (Wildman–Crippen LogP) is 3.85. The molecule has 32 heavy (non-hydrogen) atoms. The first kappa shape index (κ1) is 20.2. The quantitative estimate of drug-likeness (QED) is 0.464. The molecule has 0 spiro atoms. The molecular weight excluding hydrogens is 402 g/mol. The molecule has 1 fully saturated rings. The van der Waals surface area contributed by atoms with Crippen LogP contribution in [-0.4, -0.2) is 41.8 Å². The van der Waals surface area contributed by atoms with Crippen LogP contribution in [0.5, 0.6) is 0 Å². The molecule has 3 N–H and O–H groups in total. The molecule has 162 valence electrons. The average Bonchev–Trinajstić information content (AvgIpc) is 3.23. The van der Waals surface area contributed by atoms with Gasteiger partial charge in [0.1, 0.15) is 5.65 Å². The van der Waals surface area contributed by atoms with E-state index in [1.807, 2.05) is 60.4 Å². The fourth-order valence-electron chi connectivity index (χ4n) is 3.97. The molecule has 0 aliphatic heterocycles. The van der Waals surface area contributed by atoms with Gasteiger partial charge in [-0.3, -0.25) is 4.40 Å². The molecule has 1 saturated carbocycles. The minimum atomic E-state index is 0.324. The second-order valence-corrected chi connectivity index (χ2v) is 8.18. The maximum absolute atomic E-state index is 6.01. The molecule has 4 aromatic rings. The molecule has 4 aromatic heterocycles. The summed E-state index contributed by atoms with van der Waals surface area (Å²) >= 11 is 0. The minimum absolute atomic E-state index is 0.324. The van der Waals surface area contributed by atoms with E-state index in [2.05, 4.69) is 30.5 Å². The minimum Gasteiger partial charge on any atom is -0.338 e. The van der Waals surface area contributed by atoms with Gasteiger partial charge in [0.15, 0.2) is 5.82 Å². The second kappa shape index (κ2) is 8.80. The Kier molecular flexibility index (Phi) is 5.55. The number of rotatable bonds is 5. The van der Waals surface area contributed by atoms with Gasteiger partial charge in [-0.05, 0) is 68.4 Å². The number of aliphatic imine (C=N–C) groups is 1. The van der Waals surface area contributed by atoms with Crippen LogP contribution < -0.4 is 11.1 Å². The van der Waals surface area contributed by atoms with Gasteiger partial charge in [0, 0.05) is 30.8 Å². The van der Waals surface area contributed by atoms with Crippen LogP contribution in [0.2, 0.25) is 0 Å². The fraction of sp³-hybridized carbons (Fsp3) is 0.304. The van der Waals surface area contributed by atoms with Crippen molar-refractivity contribution in [1.82, 2.24) is 29.5 Å². The largest absolute Gasteiger partial charge is 0.338 e. The molecule has 0 unspecified atom stereocenters. The predicted molar refractivity (Wildman–Crippen MR) is 124 cm³/mol. The number of nitrogens with zero attached hydrogens (tertiary/aromatic N) is 7. The highest BCUT2D eigenvalue weighted by molar-refractivity contribution is 5.68. The highest BCUT2D eigenvalue weighted by Gasteiger charge is 2.17. The number of aryl methyl sites for hydroxylation is 1. The standard InChI is InChI=1S/C23H25N9/c1-15-11-26-23(27-12-16-4-6-17(24)7-5-16)30-22(15)19-13-25-21-9-8-18(14-32(19)21)29-20-3-2-10-28-31-20/h2-3,8-14,16-17H,4-7,24H2,1H3,(H,29,31)/b27-12+. The molecule has 9 heteroatoms. The molecule has 4 heterocycles. The summed E-state index contributed by atoms with van der Waals surface area (Å²) in [7, 11) is 0. The lowest BCUT2D eigenvalue weighted by Crippen LogP contribution is -2.26. The molecule has 5 rings (SSSR count). The Hall–Kier alpha value is -3.72. The summed E-state index contributed by atoms with van der Waals surface area (Å²) in [6, 6.07) is 7.94. The molecule has 0 bridgehead atoms. The smallest absolute Gasteiger partial charge is 0.249 e. The Morgan fingerprint density at radius 1 is 1.12 bits per heavy atom. The van der Waals surface area contributed by atoms with Crippen molar-refractivity contribution in [3.8, 4) is 11.4 Å². The number of imidazole rings is 1. The first-order valence-corrected chi connectivity index (χ1v) is 10.8. The summed E-state index contributed by atoms with van der Waals surface area (Å²) in [4.78, 5) is 18.3. The van der Waals surface area contributed by atoms with Crippen molar-refractivity contribution >= 4 is 29.3 Å². The highest BCUT2D eigenvalue weighted by atomic mass is 15.2. The van der Waals surface area contributed by atoms with Crippen LogP contribution in [-0.2, 0) is 0 Å². The van der Waals surface area contributed by atoms with E-state index in [0.717, 1.165) is 54.0 Å². The number of aromatic nitrogens is 6. The van der Waals surface area contributed by atoms with Gasteiger partial charge in [0.2, 0.25) is 5.95 Å². The third kappa shape index (κ3) is 4.33. The van der Waals surface area contributed by atoms with Crippen LogP contribution in [0.4, 0.5) is 17.5 Å². The summed E-state index contributed by atoms with van der Waals surface area (Å²) < 4.78 is 2.00. The van der Waals surface area contributed by atoms with E-state index < -0.39 is 0 Å². The van der Waals surface area contributed by atoms with Gasteiger partial charge in [0.05, 0.1) is 23.3 Å². The normalized spacial score (nSPS) is 18.9. The molecule has 0 radical (unpaired) electrons. The fourth-order valence-corrected chi connectivity index (χ4v) is 3.97. The van der Waals surface area contributed by atoms with Gasteiger partial charge in [-0.1, -0.05) is 0 Å². The van der Waals surface area contributed by atoms with Crippen LogP contribution in [0.25, 0.3) is 17.0 Å². The van der Waals surface area contributed by atoms with Crippen molar-refractivity contribution in [2.24, 2.45) is 16.6 Å². The Morgan fingerprint density at radius 3 is 2.81 bits per heavy atom. The van der Waals surface area contributed by atoms with E-state index in [9.17, 15) is 0 Å². The Balaban J connectivity index is 1.44. The first-order chi connectivity index (χ1) is 15.7. The summed E-state index contributed by atoms with van der Waals surface area (Å²) in [6.45, 7) is 1.99. The summed E-state index contributed by atoms with van der Waals surface area (Å²) in [6.07, 6.45) is 13.5. The van der Waals surface area contributed by atoms with Gasteiger partial charge < -0.3 is 11.1 Å². The number of anilines is 2. The number of fused-ring (bicyclic) bond motifs is 1. The lowest BCUT2D eigenvalue weighted by atomic mass is 9.87. The molecule has 0 saturated heterocycles. The van der Waals surface area contributed by atoms with Gasteiger partial charge >= 0.3 is 0 Å². The van der Waals surface area contributed by atoms with Crippen molar-refractivity contribution in [2.75, 3.05) is 5.32 Å². The third-order valence-corrected chi connectivity index (χ3v) is 5.77. The molecule has 1 aliphatic rings. The Morgan fingerprint density at radius 2 is 2.00 bits per heavy atom. The van der Waals surface area contributed by atoms with Crippen molar-refractivity contribution in [3.63, 3.8) is 0 Å². The van der Waals surface area contributed by atoms with E-state index in [4.69, 9.17) is 10.7 Å². The molecule has 0 amide bonds. The Bertz CT molecular complexity index is 1240. The molecule has 0 atom stereocenters. The van der Waals surface area contributed by atoms with E-state index in [1.54, 1.807) is 6.20 Å². The van der Waals surface area contributed by atoms with Gasteiger partial charge in [-0.2, -0.15) is 5.10 Å². The number of nitrogens with one attached hydrogen (secondary N) is 1. The van der Waals surface area contributed by atoms with Gasteiger partial charge in [0.25, 0.3) is 0 Å². The van der Waals surface area contributed by atoms with Crippen LogP contribution >= 0.6 is 0 Å². The lowest BCUT2D eigenvalue weighted by Gasteiger charge is -2.22. The number of nitrogens with two attached hydrogens (primary N) is 1. The van der Waals surface area contributed by atoms with E-state index >= 15 is 0 Å². The van der Waals surface area contributed by atoms with Crippen LogP contribution in [0, 0.1) is 12.8 Å². The number of hydrogen-bond acceptors (Lipinski definition) is 8. The zero-order chi connectivity index (χ0) is 21.9. The number of hydrogen-bond donors (Lipinski definition) is 2. The molecular formula is C23H25N9. The van der Waals surface area contributed by atoms with Crippen LogP contribution in [0.1, 0.15) is 31.2 Å². The average molecular weight is 428 g/mol. The molecule has 0 aromatic carbocycles. The van der Waals surface area contributed by atoms with Crippen LogP contribution in [0.15, 0.2) is 54.0 Å². The molecule has 9 nitrogen and oxygen atoms in total. The maximum atomic E-state index is 6.01. The summed E-state index contributed by atoms with van der Waals surface area (Å²) in [5.41, 5.74) is 10.3. The summed E-state index contributed by atoms with van der Waals surface area (Å²) in [5.74, 6) is 1.57. The van der Waals surface area contributed by atoms with Crippen molar-refractivity contribution in [2.45, 2.75) is 38.6 Å². The zero-order valence-electron chi connectivity index (χ0n) is 17.9. The second-order valence-electron chi connectivity index (χ2n) is 8.18. The highest BCUT2D eigenvalue weighted by Crippen LogP contribution is 2.26. The van der Waals surface area contributed by atoms with Crippen LogP contribution in [0.3, 0.4) is 0 Å². The monoisotopic (exact) mass is 427 g/mol. The third-order valence-electron chi connectivity index (χ3n) is 5.77. The first-order valence-electron chi connectivity index (χ1n) is 10.8. The SMILES string of the molecule is Cc1cnc(/N=C/C2CCC(N)CC2)nc1-c1cnc2ccc(Nc3cccnn3)cn12. The van der Waals surface area contributed by atoms with Gasteiger partial charge in [-0.15, -0.1) is 5.10 Å². The van der Waals surface area contributed by atoms with Gasteiger partial charge in [-0.25, -0.2) is 19.9 Å². The lowest BCUT2D eigenvalue weighted by molar-refractivity contribution is 0.396. The van der Waals surface area contributed by atoms with E-state index in [0.29, 0.717) is 23.7 Å². The summed E-state index contributed by atoms with van der Waals surface area (Å²) in [5, 5.41) is 11.3.